The Hall–Kier alpha value is -2.57. The second kappa shape index (κ2) is 7.98. The van der Waals surface area contributed by atoms with Crippen molar-refractivity contribution in [2.24, 2.45) is 5.92 Å². The highest BCUT2D eigenvalue weighted by Gasteiger charge is 2.33. The largest absolute Gasteiger partial charge is 0.416 e. The Morgan fingerprint density at radius 1 is 1.19 bits per heavy atom. The molecule has 0 bridgehead atoms. The summed E-state index contributed by atoms with van der Waals surface area (Å²) in [6.07, 6.45) is -0.308. The van der Waals surface area contributed by atoms with Crippen LogP contribution in [-0.2, 0) is 12.6 Å². The molecule has 1 aromatic heterocycles. The number of benzene rings is 1. The normalized spacial score (nSPS) is 17.7. The molecule has 1 aromatic carbocycles. The van der Waals surface area contributed by atoms with Crippen LogP contribution in [0.2, 0.25) is 0 Å². The van der Waals surface area contributed by atoms with E-state index in [0.29, 0.717) is 37.1 Å². The van der Waals surface area contributed by atoms with E-state index < -0.39 is 11.7 Å². The molecule has 0 radical (unpaired) electrons. The van der Waals surface area contributed by atoms with Crippen molar-refractivity contribution in [2.45, 2.75) is 31.9 Å². The minimum Gasteiger partial charge on any atom is -0.338 e. The van der Waals surface area contributed by atoms with Gasteiger partial charge in [0.05, 0.1) is 11.1 Å². The van der Waals surface area contributed by atoms with E-state index in [1.807, 2.05) is 0 Å². The van der Waals surface area contributed by atoms with Gasteiger partial charge in [-0.05, 0) is 49.3 Å². The van der Waals surface area contributed by atoms with Crippen molar-refractivity contribution < 1.29 is 18.0 Å². The number of hydrogen-bond donors (Lipinski definition) is 1. The van der Waals surface area contributed by atoms with Gasteiger partial charge in [-0.1, -0.05) is 18.2 Å². The van der Waals surface area contributed by atoms with Gasteiger partial charge in [0.15, 0.2) is 0 Å². The van der Waals surface area contributed by atoms with E-state index >= 15 is 0 Å². The van der Waals surface area contributed by atoms with Crippen LogP contribution in [0.15, 0.2) is 47.4 Å². The number of aromatic amines is 1. The second-order valence-corrected chi connectivity index (χ2v) is 6.89. The maximum Gasteiger partial charge on any atom is 0.416 e. The first-order valence-corrected chi connectivity index (χ1v) is 8.97. The summed E-state index contributed by atoms with van der Waals surface area (Å²) in [5, 5.41) is 0. The lowest BCUT2D eigenvalue weighted by molar-refractivity contribution is -0.138. The summed E-state index contributed by atoms with van der Waals surface area (Å²) in [5.41, 5.74) is -0.139. The van der Waals surface area contributed by atoms with Gasteiger partial charge in [-0.3, -0.25) is 9.59 Å². The van der Waals surface area contributed by atoms with Crippen LogP contribution < -0.4 is 5.56 Å². The molecule has 1 aliphatic heterocycles. The molecule has 0 saturated carbocycles. The Balaban J connectivity index is 1.63. The molecule has 144 valence electrons. The number of hydrogen-bond acceptors (Lipinski definition) is 2. The fraction of sp³-hybridized carbons (Fsp3) is 0.400. The smallest absolute Gasteiger partial charge is 0.338 e. The maximum absolute atomic E-state index is 13.1. The Bertz CT molecular complexity index is 840. The number of halogens is 3. The third-order valence-electron chi connectivity index (χ3n) is 4.98. The molecule has 4 nitrogen and oxygen atoms in total. The third-order valence-corrected chi connectivity index (χ3v) is 4.98. The lowest BCUT2D eigenvalue weighted by Gasteiger charge is -2.33. The van der Waals surface area contributed by atoms with Gasteiger partial charge in [0, 0.05) is 25.4 Å². The van der Waals surface area contributed by atoms with Gasteiger partial charge >= 0.3 is 6.18 Å². The molecule has 1 amide bonds. The Labute approximate surface area is 155 Å². The van der Waals surface area contributed by atoms with E-state index in [4.69, 9.17) is 0 Å². The van der Waals surface area contributed by atoms with Gasteiger partial charge in [0.1, 0.15) is 0 Å². The molecule has 1 fully saturated rings. The zero-order valence-corrected chi connectivity index (χ0v) is 14.8. The number of likely N-dealkylation sites (tertiary alicyclic amines) is 1. The lowest BCUT2D eigenvalue weighted by atomic mass is 9.90. The first kappa shape index (κ1) is 19.2. The van der Waals surface area contributed by atoms with Crippen LogP contribution in [0.25, 0.3) is 0 Å². The molecule has 27 heavy (non-hydrogen) atoms. The highest BCUT2D eigenvalue weighted by atomic mass is 19.4. The highest BCUT2D eigenvalue weighted by molar-refractivity contribution is 5.93. The number of nitrogens with zero attached hydrogens (tertiary/aromatic N) is 1. The molecule has 1 N–H and O–H groups in total. The molecular formula is C20H21F3N2O2. The Morgan fingerprint density at radius 3 is 2.67 bits per heavy atom. The number of H-pyrrole nitrogens is 1. The average Bonchev–Trinajstić information content (AvgIpc) is 2.66. The number of amides is 1. The SMILES string of the molecule is O=C(c1ccc(=O)[nH]c1)N1CCC[C@@H](CCc2ccccc2C(F)(F)F)C1. The summed E-state index contributed by atoms with van der Waals surface area (Å²) in [6.45, 7) is 1.14. The fourth-order valence-electron chi connectivity index (χ4n) is 3.59. The molecule has 1 aliphatic rings. The van der Waals surface area contributed by atoms with Gasteiger partial charge in [-0.2, -0.15) is 13.2 Å². The molecule has 2 aromatic rings. The van der Waals surface area contributed by atoms with Crippen molar-refractivity contribution in [2.75, 3.05) is 13.1 Å². The van der Waals surface area contributed by atoms with Crippen molar-refractivity contribution >= 4 is 5.91 Å². The number of pyridine rings is 1. The number of alkyl halides is 3. The van der Waals surface area contributed by atoms with Crippen molar-refractivity contribution in [1.29, 1.82) is 0 Å². The molecule has 0 spiro atoms. The number of carbonyl (C=O) groups excluding carboxylic acids is 1. The summed E-state index contributed by atoms with van der Waals surface area (Å²) in [6, 6.07) is 8.46. The zero-order chi connectivity index (χ0) is 19.4. The zero-order valence-electron chi connectivity index (χ0n) is 14.8. The van der Waals surface area contributed by atoms with Gasteiger partial charge in [0.25, 0.3) is 5.91 Å². The number of nitrogens with one attached hydrogen (secondary N) is 1. The van der Waals surface area contributed by atoms with E-state index in [1.54, 1.807) is 11.0 Å². The number of rotatable bonds is 4. The Morgan fingerprint density at radius 2 is 1.96 bits per heavy atom. The van der Waals surface area contributed by atoms with Crippen LogP contribution in [0, 0.1) is 5.92 Å². The number of aryl methyl sites for hydroxylation is 1. The molecule has 0 unspecified atom stereocenters. The van der Waals surface area contributed by atoms with Crippen LogP contribution in [0.1, 0.15) is 40.7 Å². The molecule has 0 aliphatic carbocycles. The molecule has 7 heteroatoms. The quantitative estimate of drug-likeness (QED) is 0.878. The van der Waals surface area contributed by atoms with Crippen LogP contribution in [0.3, 0.4) is 0 Å². The highest BCUT2D eigenvalue weighted by Crippen LogP contribution is 2.33. The minimum atomic E-state index is -4.35. The van der Waals surface area contributed by atoms with Gasteiger partial charge in [-0.15, -0.1) is 0 Å². The van der Waals surface area contributed by atoms with E-state index in [2.05, 4.69) is 4.98 Å². The topological polar surface area (TPSA) is 53.2 Å². The van der Waals surface area contributed by atoms with E-state index in [0.717, 1.165) is 18.9 Å². The van der Waals surface area contributed by atoms with Gasteiger partial charge in [0.2, 0.25) is 5.56 Å². The number of piperidine rings is 1. The Kier molecular flexibility index (Phi) is 5.68. The number of carbonyl (C=O) groups is 1. The average molecular weight is 378 g/mol. The molecule has 3 rings (SSSR count). The fourth-order valence-corrected chi connectivity index (χ4v) is 3.59. The third kappa shape index (κ3) is 4.78. The van der Waals surface area contributed by atoms with E-state index in [1.165, 1.54) is 30.5 Å². The van der Waals surface area contributed by atoms with Crippen LogP contribution in [-0.4, -0.2) is 28.9 Å². The standard InChI is InChI=1S/C20H21F3N2O2/c21-20(22,23)17-6-2-1-5-15(17)8-7-14-4-3-11-25(13-14)19(27)16-9-10-18(26)24-12-16/h1-2,5-6,9-10,12,14H,3-4,7-8,11,13H2,(H,24,26)/t14-/m0/s1. The molecule has 2 heterocycles. The predicted octanol–water partition coefficient (Wildman–Crippen LogP) is 3.88. The van der Waals surface area contributed by atoms with Crippen LogP contribution >= 0.6 is 0 Å². The monoisotopic (exact) mass is 378 g/mol. The first-order chi connectivity index (χ1) is 12.8. The van der Waals surface area contributed by atoms with Gasteiger partial charge < -0.3 is 9.88 Å². The van der Waals surface area contributed by atoms with Crippen molar-refractivity contribution in [3.05, 3.63) is 69.6 Å². The summed E-state index contributed by atoms with van der Waals surface area (Å²) < 4.78 is 39.4. The van der Waals surface area contributed by atoms with Crippen LogP contribution in [0.5, 0.6) is 0 Å². The van der Waals surface area contributed by atoms with Crippen molar-refractivity contribution in [3.8, 4) is 0 Å². The van der Waals surface area contributed by atoms with Gasteiger partial charge in [-0.25, -0.2) is 0 Å². The maximum atomic E-state index is 13.1. The summed E-state index contributed by atoms with van der Waals surface area (Å²) in [5.74, 6) is -0.00149. The molecule has 1 saturated heterocycles. The minimum absolute atomic E-state index is 0.159. The molecule has 1 atom stereocenters. The number of aromatic nitrogens is 1. The van der Waals surface area contributed by atoms with Crippen molar-refractivity contribution in [3.63, 3.8) is 0 Å². The molecular weight excluding hydrogens is 357 g/mol. The predicted molar refractivity (Wildman–Crippen MR) is 95.5 cm³/mol. The summed E-state index contributed by atoms with van der Waals surface area (Å²) >= 11 is 0. The summed E-state index contributed by atoms with van der Waals surface area (Å²) in [4.78, 5) is 27.9. The lowest BCUT2D eigenvalue weighted by Crippen LogP contribution is -2.40. The second-order valence-electron chi connectivity index (χ2n) is 6.89. The van der Waals surface area contributed by atoms with Crippen LogP contribution in [0.4, 0.5) is 13.2 Å². The van der Waals surface area contributed by atoms with E-state index in [-0.39, 0.29) is 17.4 Å². The first-order valence-electron chi connectivity index (χ1n) is 8.97. The summed E-state index contributed by atoms with van der Waals surface area (Å²) in [7, 11) is 0. The van der Waals surface area contributed by atoms with Crippen molar-refractivity contribution in [1.82, 2.24) is 9.88 Å². The van der Waals surface area contributed by atoms with E-state index in [9.17, 15) is 22.8 Å².